The summed E-state index contributed by atoms with van der Waals surface area (Å²) in [5.74, 6) is -0.276. The van der Waals surface area contributed by atoms with Crippen LogP contribution in [-0.2, 0) is 7.05 Å². The zero-order chi connectivity index (χ0) is 9.84. The molecule has 0 bridgehead atoms. The van der Waals surface area contributed by atoms with Crippen LogP contribution in [0.4, 0.5) is 0 Å². The number of nitrogens with one attached hydrogen (secondary N) is 1. The number of carbonyl (C=O) groups is 1. The number of nitrogens with zero attached hydrogens (tertiary/aromatic N) is 3. The van der Waals surface area contributed by atoms with Gasteiger partial charge in [-0.25, -0.2) is 0 Å². The zero-order valence-corrected chi connectivity index (χ0v) is 7.48. The summed E-state index contributed by atoms with van der Waals surface area (Å²) in [6.45, 7) is 1.62. The first-order valence-corrected chi connectivity index (χ1v) is 3.82. The summed E-state index contributed by atoms with van der Waals surface area (Å²) in [5.41, 5.74) is 0.463. The molecule has 0 aliphatic heterocycles. The van der Waals surface area contributed by atoms with Gasteiger partial charge in [0.1, 0.15) is 6.04 Å². The monoisotopic (exact) mass is 178 g/mol. The highest BCUT2D eigenvalue weighted by molar-refractivity contribution is 5.94. The molecule has 0 aliphatic carbocycles. The van der Waals surface area contributed by atoms with Gasteiger partial charge in [0.25, 0.3) is 5.91 Å². The number of aryl methyl sites for hydroxylation is 1. The van der Waals surface area contributed by atoms with Crippen molar-refractivity contribution in [1.29, 1.82) is 5.26 Å². The standard InChI is InChI=1S/C8H10N4O/c1-6(3-9)11-8(13)7-4-10-12(2)5-7/h4-6H,1-2H3,(H,11,13)/t6-/m0/s1. The van der Waals surface area contributed by atoms with E-state index in [2.05, 4.69) is 10.4 Å². The Balaban J connectivity index is 2.65. The molecule has 1 aromatic heterocycles. The van der Waals surface area contributed by atoms with E-state index in [1.54, 1.807) is 20.2 Å². The molecule has 1 rings (SSSR count). The van der Waals surface area contributed by atoms with Crippen LogP contribution >= 0.6 is 0 Å². The molecule has 1 atom stereocenters. The lowest BCUT2D eigenvalue weighted by molar-refractivity contribution is 0.0947. The lowest BCUT2D eigenvalue weighted by Crippen LogP contribution is -2.30. The molecular formula is C8H10N4O. The van der Waals surface area contributed by atoms with E-state index in [0.717, 1.165) is 0 Å². The van der Waals surface area contributed by atoms with E-state index in [9.17, 15) is 4.79 Å². The van der Waals surface area contributed by atoms with E-state index in [0.29, 0.717) is 5.56 Å². The summed E-state index contributed by atoms with van der Waals surface area (Å²) in [6, 6.07) is 1.43. The largest absolute Gasteiger partial charge is 0.336 e. The van der Waals surface area contributed by atoms with Gasteiger partial charge in [0.05, 0.1) is 17.8 Å². The number of rotatable bonds is 2. The topological polar surface area (TPSA) is 70.7 Å². The fraction of sp³-hybridized carbons (Fsp3) is 0.375. The molecule has 0 saturated carbocycles. The fourth-order valence-corrected chi connectivity index (χ4v) is 0.851. The smallest absolute Gasteiger partial charge is 0.255 e. The predicted molar refractivity (Wildman–Crippen MR) is 45.7 cm³/mol. The van der Waals surface area contributed by atoms with Crippen molar-refractivity contribution in [2.75, 3.05) is 0 Å². The Hall–Kier alpha value is -1.83. The van der Waals surface area contributed by atoms with Crippen molar-refractivity contribution in [3.05, 3.63) is 18.0 Å². The number of hydrogen-bond acceptors (Lipinski definition) is 3. The Bertz CT molecular complexity index is 349. The molecule has 0 aromatic carbocycles. The van der Waals surface area contributed by atoms with Crippen molar-refractivity contribution in [1.82, 2.24) is 15.1 Å². The van der Waals surface area contributed by atoms with Crippen LogP contribution in [0.5, 0.6) is 0 Å². The van der Waals surface area contributed by atoms with Crippen molar-refractivity contribution >= 4 is 5.91 Å². The highest BCUT2D eigenvalue weighted by atomic mass is 16.1. The van der Waals surface area contributed by atoms with E-state index in [1.807, 2.05) is 6.07 Å². The molecule has 0 unspecified atom stereocenters. The predicted octanol–water partition coefficient (Wildman–Crippen LogP) is 0.0620. The summed E-state index contributed by atoms with van der Waals surface area (Å²) >= 11 is 0. The summed E-state index contributed by atoms with van der Waals surface area (Å²) in [6.07, 6.45) is 3.05. The van der Waals surface area contributed by atoms with Gasteiger partial charge in [0, 0.05) is 13.2 Å². The molecule has 5 nitrogen and oxygen atoms in total. The van der Waals surface area contributed by atoms with Crippen molar-refractivity contribution in [3.63, 3.8) is 0 Å². The minimum absolute atomic E-state index is 0.276. The molecule has 1 aromatic rings. The van der Waals surface area contributed by atoms with Crippen LogP contribution in [0.3, 0.4) is 0 Å². The quantitative estimate of drug-likeness (QED) is 0.696. The second-order valence-electron chi connectivity index (χ2n) is 2.73. The second kappa shape index (κ2) is 3.72. The van der Waals surface area contributed by atoms with Gasteiger partial charge in [-0.05, 0) is 6.92 Å². The maximum Gasteiger partial charge on any atom is 0.255 e. The molecule has 1 amide bonds. The summed E-state index contributed by atoms with van der Waals surface area (Å²) in [7, 11) is 1.73. The SMILES string of the molecule is C[C@@H](C#N)NC(=O)c1cnn(C)c1. The van der Waals surface area contributed by atoms with Crippen molar-refractivity contribution in [3.8, 4) is 6.07 Å². The molecule has 0 radical (unpaired) electrons. The number of amides is 1. The average molecular weight is 178 g/mol. The van der Waals surface area contributed by atoms with Crippen LogP contribution in [-0.4, -0.2) is 21.7 Å². The number of nitriles is 1. The lowest BCUT2D eigenvalue weighted by Gasteiger charge is -2.02. The molecule has 1 N–H and O–H groups in total. The molecule has 5 heteroatoms. The van der Waals surface area contributed by atoms with Crippen LogP contribution in [0, 0.1) is 11.3 Å². The Labute approximate surface area is 76.0 Å². The van der Waals surface area contributed by atoms with Gasteiger partial charge in [-0.1, -0.05) is 0 Å². The highest BCUT2D eigenvalue weighted by Crippen LogP contribution is 1.96. The molecule has 0 saturated heterocycles. The van der Waals surface area contributed by atoms with Crippen LogP contribution < -0.4 is 5.32 Å². The maximum atomic E-state index is 11.3. The molecule has 1 heterocycles. The first-order valence-electron chi connectivity index (χ1n) is 3.82. The van der Waals surface area contributed by atoms with Crippen LogP contribution in [0.2, 0.25) is 0 Å². The van der Waals surface area contributed by atoms with Gasteiger partial charge in [-0.15, -0.1) is 0 Å². The zero-order valence-electron chi connectivity index (χ0n) is 7.48. The second-order valence-corrected chi connectivity index (χ2v) is 2.73. The van der Waals surface area contributed by atoms with Gasteiger partial charge in [-0.2, -0.15) is 10.4 Å². The Morgan fingerprint density at radius 1 is 1.85 bits per heavy atom. The van der Waals surface area contributed by atoms with E-state index >= 15 is 0 Å². The van der Waals surface area contributed by atoms with E-state index in [1.165, 1.54) is 10.9 Å². The molecular weight excluding hydrogens is 168 g/mol. The van der Waals surface area contributed by atoms with Crippen molar-refractivity contribution in [2.45, 2.75) is 13.0 Å². The van der Waals surface area contributed by atoms with Crippen molar-refractivity contribution in [2.24, 2.45) is 7.05 Å². The van der Waals surface area contributed by atoms with Crippen LogP contribution in [0.15, 0.2) is 12.4 Å². The third-order valence-electron chi connectivity index (χ3n) is 1.51. The Kier molecular flexibility index (Phi) is 2.65. The fourth-order valence-electron chi connectivity index (χ4n) is 0.851. The minimum Gasteiger partial charge on any atom is -0.336 e. The lowest BCUT2D eigenvalue weighted by atomic mass is 10.3. The van der Waals surface area contributed by atoms with Crippen LogP contribution in [0.1, 0.15) is 17.3 Å². The Morgan fingerprint density at radius 3 is 3.00 bits per heavy atom. The summed E-state index contributed by atoms with van der Waals surface area (Å²) in [5, 5.41) is 14.8. The molecule has 0 fully saturated rings. The average Bonchev–Trinajstić information content (AvgIpc) is 2.51. The first kappa shape index (κ1) is 9.26. The van der Waals surface area contributed by atoms with E-state index in [4.69, 9.17) is 5.26 Å². The first-order chi connectivity index (χ1) is 6.13. The third-order valence-corrected chi connectivity index (χ3v) is 1.51. The van der Waals surface area contributed by atoms with Gasteiger partial charge < -0.3 is 5.32 Å². The highest BCUT2D eigenvalue weighted by Gasteiger charge is 2.09. The summed E-state index contributed by atoms with van der Waals surface area (Å²) in [4.78, 5) is 11.3. The number of carbonyl (C=O) groups excluding carboxylic acids is 1. The normalized spacial score (nSPS) is 11.8. The number of hydrogen-bond donors (Lipinski definition) is 1. The van der Waals surface area contributed by atoms with Gasteiger partial charge in [0.2, 0.25) is 0 Å². The maximum absolute atomic E-state index is 11.3. The van der Waals surface area contributed by atoms with Gasteiger partial charge in [0.15, 0.2) is 0 Å². The molecule has 68 valence electrons. The molecule has 13 heavy (non-hydrogen) atoms. The van der Waals surface area contributed by atoms with Crippen LogP contribution in [0.25, 0.3) is 0 Å². The van der Waals surface area contributed by atoms with Gasteiger partial charge in [-0.3, -0.25) is 9.48 Å². The van der Waals surface area contributed by atoms with E-state index in [-0.39, 0.29) is 5.91 Å². The van der Waals surface area contributed by atoms with E-state index < -0.39 is 6.04 Å². The third kappa shape index (κ3) is 2.30. The summed E-state index contributed by atoms with van der Waals surface area (Å²) < 4.78 is 1.53. The van der Waals surface area contributed by atoms with Crippen molar-refractivity contribution < 1.29 is 4.79 Å². The minimum atomic E-state index is -0.479. The number of aromatic nitrogens is 2. The molecule has 0 spiro atoms. The van der Waals surface area contributed by atoms with Gasteiger partial charge >= 0.3 is 0 Å². The Morgan fingerprint density at radius 2 is 2.54 bits per heavy atom. The molecule has 0 aliphatic rings.